The van der Waals surface area contributed by atoms with Gasteiger partial charge in [-0.3, -0.25) is 0 Å². The SMILES string of the molecule is CO[C@@]1(C)CCO[C@@H](C)C1. The molecule has 0 aliphatic carbocycles. The van der Waals surface area contributed by atoms with Crippen LogP contribution in [0.25, 0.3) is 0 Å². The smallest absolute Gasteiger partial charge is 0.0697 e. The lowest BCUT2D eigenvalue weighted by molar-refractivity contribution is -0.107. The summed E-state index contributed by atoms with van der Waals surface area (Å²) in [4.78, 5) is 0. The Morgan fingerprint density at radius 3 is 2.70 bits per heavy atom. The van der Waals surface area contributed by atoms with Crippen LogP contribution in [0.5, 0.6) is 0 Å². The maximum atomic E-state index is 5.40. The molecule has 1 fully saturated rings. The highest BCUT2D eigenvalue weighted by Gasteiger charge is 2.30. The third kappa shape index (κ3) is 1.70. The molecule has 1 heterocycles. The van der Waals surface area contributed by atoms with Crippen molar-refractivity contribution in [3.05, 3.63) is 0 Å². The van der Waals surface area contributed by atoms with Crippen LogP contribution in [0.1, 0.15) is 26.7 Å². The van der Waals surface area contributed by atoms with Crippen LogP contribution in [0.2, 0.25) is 0 Å². The third-order valence-corrected chi connectivity index (χ3v) is 2.25. The van der Waals surface area contributed by atoms with E-state index in [-0.39, 0.29) is 5.60 Å². The number of hydrogen-bond donors (Lipinski definition) is 0. The van der Waals surface area contributed by atoms with E-state index in [1.165, 1.54) is 0 Å². The lowest BCUT2D eigenvalue weighted by Gasteiger charge is -2.35. The van der Waals surface area contributed by atoms with E-state index < -0.39 is 0 Å². The van der Waals surface area contributed by atoms with E-state index in [0.717, 1.165) is 19.4 Å². The molecule has 1 saturated heterocycles. The van der Waals surface area contributed by atoms with Crippen molar-refractivity contribution in [2.45, 2.75) is 38.4 Å². The van der Waals surface area contributed by atoms with Crippen LogP contribution in [-0.4, -0.2) is 25.4 Å². The molecule has 0 spiro atoms. The van der Waals surface area contributed by atoms with Crippen LogP contribution in [-0.2, 0) is 9.47 Å². The van der Waals surface area contributed by atoms with Gasteiger partial charge in [-0.1, -0.05) is 0 Å². The summed E-state index contributed by atoms with van der Waals surface area (Å²) >= 11 is 0. The summed E-state index contributed by atoms with van der Waals surface area (Å²) < 4.78 is 10.8. The van der Waals surface area contributed by atoms with Gasteiger partial charge in [0.15, 0.2) is 0 Å². The minimum absolute atomic E-state index is 0.0671. The van der Waals surface area contributed by atoms with Crippen molar-refractivity contribution in [1.29, 1.82) is 0 Å². The van der Waals surface area contributed by atoms with E-state index in [9.17, 15) is 0 Å². The highest BCUT2D eigenvalue weighted by molar-refractivity contribution is 4.80. The first kappa shape index (κ1) is 8.02. The van der Waals surface area contributed by atoms with E-state index >= 15 is 0 Å². The standard InChI is InChI=1S/C8H16O2/c1-7-6-8(2,9-3)4-5-10-7/h7H,4-6H2,1-3H3/t7-,8-/m0/s1. The summed E-state index contributed by atoms with van der Waals surface area (Å²) in [5.41, 5.74) is 0.0671. The van der Waals surface area contributed by atoms with Crippen molar-refractivity contribution in [1.82, 2.24) is 0 Å². The number of hydrogen-bond acceptors (Lipinski definition) is 2. The molecule has 60 valence electrons. The number of rotatable bonds is 1. The van der Waals surface area contributed by atoms with E-state index in [4.69, 9.17) is 9.47 Å². The van der Waals surface area contributed by atoms with Gasteiger partial charge < -0.3 is 9.47 Å². The quantitative estimate of drug-likeness (QED) is 0.556. The molecule has 0 radical (unpaired) electrons. The zero-order valence-corrected chi connectivity index (χ0v) is 7.02. The maximum absolute atomic E-state index is 5.40. The zero-order chi connectivity index (χ0) is 7.61. The molecule has 2 nitrogen and oxygen atoms in total. The molecular weight excluding hydrogens is 128 g/mol. The molecule has 0 amide bonds. The van der Waals surface area contributed by atoms with Gasteiger partial charge in [-0.15, -0.1) is 0 Å². The van der Waals surface area contributed by atoms with Gasteiger partial charge in [0.1, 0.15) is 0 Å². The Bertz CT molecular complexity index is 114. The summed E-state index contributed by atoms with van der Waals surface area (Å²) in [7, 11) is 1.78. The minimum Gasteiger partial charge on any atom is -0.378 e. The van der Waals surface area contributed by atoms with Crippen molar-refractivity contribution in [3.8, 4) is 0 Å². The molecule has 0 saturated carbocycles. The van der Waals surface area contributed by atoms with Crippen LogP contribution >= 0.6 is 0 Å². The largest absolute Gasteiger partial charge is 0.378 e. The van der Waals surface area contributed by atoms with Crippen LogP contribution in [0.15, 0.2) is 0 Å². The predicted molar refractivity (Wildman–Crippen MR) is 40.1 cm³/mol. The average Bonchev–Trinajstić information content (AvgIpc) is 1.88. The lowest BCUT2D eigenvalue weighted by Crippen LogP contribution is -2.38. The molecule has 0 aromatic carbocycles. The summed E-state index contributed by atoms with van der Waals surface area (Å²) in [6.07, 6.45) is 2.40. The topological polar surface area (TPSA) is 18.5 Å². The minimum atomic E-state index is 0.0671. The van der Waals surface area contributed by atoms with Crippen molar-refractivity contribution in [2.75, 3.05) is 13.7 Å². The molecule has 0 N–H and O–H groups in total. The second-order valence-corrected chi connectivity index (χ2v) is 3.29. The zero-order valence-electron chi connectivity index (χ0n) is 7.02. The fourth-order valence-electron chi connectivity index (χ4n) is 1.43. The first-order chi connectivity index (χ1) is 4.66. The van der Waals surface area contributed by atoms with Gasteiger partial charge in [0.05, 0.1) is 11.7 Å². The Kier molecular flexibility index (Phi) is 2.32. The van der Waals surface area contributed by atoms with E-state index in [2.05, 4.69) is 13.8 Å². The predicted octanol–water partition coefficient (Wildman–Crippen LogP) is 1.59. The Morgan fingerprint density at radius 2 is 2.30 bits per heavy atom. The van der Waals surface area contributed by atoms with Crippen LogP contribution in [0, 0.1) is 0 Å². The molecule has 10 heavy (non-hydrogen) atoms. The van der Waals surface area contributed by atoms with E-state index in [0.29, 0.717) is 6.10 Å². The molecule has 0 unspecified atom stereocenters. The average molecular weight is 144 g/mol. The third-order valence-electron chi connectivity index (χ3n) is 2.25. The normalized spacial score (nSPS) is 41.7. The van der Waals surface area contributed by atoms with Gasteiger partial charge in [0.2, 0.25) is 0 Å². The fraction of sp³-hybridized carbons (Fsp3) is 1.00. The summed E-state index contributed by atoms with van der Waals surface area (Å²) in [5.74, 6) is 0. The van der Waals surface area contributed by atoms with Gasteiger partial charge in [0.25, 0.3) is 0 Å². The highest BCUT2D eigenvalue weighted by atomic mass is 16.5. The van der Waals surface area contributed by atoms with E-state index in [1.54, 1.807) is 7.11 Å². The number of ether oxygens (including phenoxy) is 2. The lowest BCUT2D eigenvalue weighted by atomic mass is 9.93. The van der Waals surface area contributed by atoms with Crippen molar-refractivity contribution in [2.24, 2.45) is 0 Å². The van der Waals surface area contributed by atoms with Gasteiger partial charge in [-0.2, -0.15) is 0 Å². The highest BCUT2D eigenvalue weighted by Crippen LogP contribution is 2.26. The first-order valence-electron chi connectivity index (χ1n) is 3.83. The van der Waals surface area contributed by atoms with Gasteiger partial charge in [-0.05, 0) is 20.3 Å². The number of methoxy groups -OCH3 is 1. The van der Waals surface area contributed by atoms with Gasteiger partial charge >= 0.3 is 0 Å². The molecule has 1 aliphatic heterocycles. The fourth-order valence-corrected chi connectivity index (χ4v) is 1.43. The molecular formula is C8H16O2. The van der Waals surface area contributed by atoms with Crippen molar-refractivity contribution < 1.29 is 9.47 Å². The molecule has 1 aliphatic rings. The second kappa shape index (κ2) is 2.89. The summed E-state index contributed by atoms with van der Waals surface area (Å²) in [6, 6.07) is 0. The molecule has 1 rings (SSSR count). The molecule has 2 heteroatoms. The second-order valence-electron chi connectivity index (χ2n) is 3.29. The Labute approximate surface area is 62.5 Å². The first-order valence-corrected chi connectivity index (χ1v) is 3.83. The summed E-state index contributed by atoms with van der Waals surface area (Å²) in [6.45, 7) is 5.08. The van der Waals surface area contributed by atoms with E-state index in [1.807, 2.05) is 0 Å². The van der Waals surface area contributed by atoms with Gasteiger partial charge in [-0.25, -0.2) is 0 Å². The van der Waals surface area contributed by atoms with Crippen LogP contribution < -0.4 is 0 Å². The molecule has 2 atom stereocenters. The Morgan fingerprint density at radius 1 is 1.60 bits per heavy atom. The van der Waals surface area contributed by atoms with Crippen LogP contribution in [0.4, 0.5) is 0 Å². The molecule has 0 bridgehead atoms. The monoisotopic (exact) mass is 144 g/mol. The van der Waals surface area contributed by atoms with Gasteiger partial charge in [0, 0.05) is 20.1 Å². The van der Waals surface area contributed by atoms with Crippen LogP contribution in [0.3, 0.4) is 0 Å². The Hall–Kier alpha value is -0.0800. The Balaban J connectivity index is 2.45. The molecule has 0 aromatic rings. The van der Waals surface area contributed by atoms with Crippen molar-refractivity contribution >= 4 is 0 Å². The molecule has 0 aromatic heterocycles. The summed E-state index contributed by atoms with van der Waals surface area (Å²) in [5, 5.41) is 0. The van der Waals surface area contributed by atoms with Crippen molar-refractivity contribution in [3.63, 3.8) is 0 Å². The maximum Gasteiger partial charge on any atom is 0.0697 e.